The summed E-state index contributed by atoms with van der Waals surface area (Å²) in [6.07, 6.45) is 1.66. The number of para-hydroxylation sites is 1. The van der Waals surface area contributed by atoms with Crippen LogP contribution in [0.25, 0.3) is 22.0 Å². The Morgan fingerprint density at radius 3 is 2.96 bits per heavy atom. The minimum atomic E-state index is -0.245. The molecule has 0 saturated carbocycles. The van der Waals surface area contributed by atoms with Gasteiger partial charge < -0.3 is 14.5 Å². The Balaban J connectivity index is 1.79. The molecule has 7 heteroatoms. The lowest BCUT2D eigenvalue weighted by Gasteiger charge is -2.04. The van der Waals surface area contributed by atoms with Crippen LogP contribution < -0.4 is 15.0 Å². The Labute approximate surface area is 146 Å². The molecule has 1 N–H and O–H groups in total. The second-order valence-corrected chi connectivity index (χ2v) is 5.97. The van der Waals surface area contributed by atoms with Crippen LogP contribution in [0.3, 0.4) is 0 Å². The summed E-state index contributed by atoms with van der Waals surface area (Å²) in [7, 11) is 0. The molecule has 0 amide bonds. The van der Waals surface area contributed by atoms with Crippen LogP contribution in [0.1, 0.15) is 11.4 Å². The zero-order valence-electron chi connectivity index (χ0n) is 12.2. The topological polar surface area (TPSA) is 64.2 Å². The Bertz CT molecular complexity index is 1040. The molecular weight excluding hydrogens is 351 g/mol. The van der Waals surface area contributed by atoms with E-state index in [0.29, 0.717) is 33.0 Å². The Hall–Kier alpha value is -2.50. The van der Waals surface area contributed by atoms with Crippen molar-refractivity contribution in [2.75, 3.05) is 6.79 Å². The molecule has 3 aromatic rings. The third kappa shape index (κ3) is 2.62. The summed E-state index contributed by atoms with van der Waals surface area (Å²) in [4.78, 5) is 19.2. The molecule has 0 radical (unpaired) electrons. The highest BCUT2D eigenvalue weighted by atomic mass is 35.5. The molecule has 0 fully saturated rings. The van der Waals surface area contributed by atoms with E-state index in [0.717, 1.165) is 0 Å². The number of H-pyrrole nitrogens is 1. The van der Waals surface area contributed by atoms with Gasteiger partial charge in [0, 0.05) is 0 Å². The number of hydrogen-bond donors (Lipinski definition) is 1. The van der Waals surface area contributed by atoms with Gasteiger partial charge in [-0.1, -0.05) is 35.3 Å². The molecule has 0 unspecified atom stereocenters. The van der Waals surface area contributed by atoms with Crippen molar-refractivity contribution in [3.8, 4) is 11.5 Å². The molecule has 2 heterocycles. The molecule has 0 aliphatic carbocycles. The van der Waals surface area contributed by atoms with Crippen molar-refractivity contribution >= 4 is 45.2 Å². The van der Waals surface area contributed by atoms with Crippen LogP contribution in [0.2, 0.25) is 5.02 Å². The van der Waals surface area contributed by atoms with Crippen LogP contribution in [0.15, 0.2) is 41.2 Å². The van der Waals surface area contributed by atoms with Crippen molar-refractivity contribution in [1.82, 2.24) is 9.97 Å². The predicted molar refractivity (Wildman–Crippen MR) is 93.7 cm³/mol. The lowest BCUT2D eigenvalue weighted by atomic mass is 10.2. The van der Waals surface area contributed by atoms with Gasteiger partial charge in [0.05, 0.1) is 21.0 Å². The predicted octanol–water partition coefficient (Wildman–Crippen LogP) is 4.04. The average Bonchev–Trinajstić information content (AvgIpc) is 3.04. The molecule has 5 nitrogen and oxygen atoms in total. The van der Waals surface area contributed by atoms with Crippen LogP contribution >= 0.6 is 23.2 Å². The van der Waals surface area contributed by atoms with E-state index in [4.69, 9.17) is 32.7 Å². The SMILES string of the molecule is O=c1[nH]c(C(Cl)=Cc2cc(Cl)c3c(c2)OCO3)nc2ccccc12. The lowest BCUT2D eigenvalue weighted by molar-refractivity contribution is 0.174. The van der Waals surface area contributed by atoms with Crippen molar-refractivity contribution in [2.24, 2.45) is 0 Å². The van der Waals surface area contributed by atoms with Gasteiger partial charge in [-0.25, -0.2) is 4.98 Å². The summed E-state index contributed by atoms with van der Waals surface area (Å²) < 4.78 is 10.6. The number of ether oxygens (including phenoxy) is 2. The highest BCUT2D eigenvalue weighted by Gasteiger charge is 2.18. The molecule has 1 aliphatic rings. The van der Waals surface area contributed by atoms with Gasteiger partial charge in [-0.15, -0.1) is 0 Å². The summed E-state index contributed by atoms with van der Waals surface area (Å²) in [5.74, 6) is 1.36. The fraction of sp³-hybridized carbons (Fsp3) is 0.0588. The quantitative estimate of drug-likeness (QED) is 0.748. The molecule has 0 spiro atoms. The zero-order chi connectivity index (χ0) is 16.7. The first kappa shape index (κ1) is 15.1. The first-order valence-corrected chi connectivity index (χ1v) is 7.83. The van der Waals surface area contributed by atoms with Crippen molar-refractivity contribution in [1.29, 1.82) is 0 Å². The maximum absolute atomic E-state index is 12.1. The van der Waals surface area contributed by atoms with E-state index in [9.17, 15) is 4.79 Å². The summed E-state index contributed by atoms with van der Waals surface area (Å²) in [6.45, 7) is 0.134. The summed E-state index contributed by atoms with van der Waals surface area (Å²) in [5, 5.41) is 1.23. The normalized spacial score (nSPS) is 13.5. The minimum Gasteiger partial charge on any atom is -0.454 e. The number of halogens is 2. The van der Waals surface area contributed by atoms with E-state index in [2.05, 4.69) is 9.97 Å². The average molecular weight is 361 g/mol. The monoisotopic (exact) mass is 360 g/mol. The molecular formula is C17H10Cl2N2O3. The molecule has 1 aromatic heterocycles. The summed E-state index contributed by atoms with van der Waals surface area (Å²) >= 11 is 12.5. The van der Waals surface area contributed by atoms with Gasteiger partial charge in [0.2, 0.25) is 6.79 Å². The van der Waals surface area contributed by atoms with Gasteiger partial charge in [0.25, 0.3) is 5.56 Å². The number of aromatic nitrogens is 2. The summed E-state index contributed by atoms with van der Waals surface area (Å²) in [5.41, 5.74) is 1.04. The zero-order valence-corrected chi connectivity index (χ0v) is 13.7. The maximum atomic E-state index is 12.1. The standard InChI is InChI=1S/C17H10Cl2N2O3/c18-11-5-9(7-14-15(11)24-8-23-14)6-12(19)16-20-13-4-2-1-3-10(13)17(22)21-16/h1-7H,8H2,(H,20,21,22). The molecule has 0 atom stereocenters. The molecule has 0 saturated heterocycles. The van der Waals surface area contributed by atoms with Crippen LogP contribution in [0.4, 0.5) is 0 Å². The molecule has 1 aliphatic heterocycles. The molecule has 120 valence electrons. The van der Waals surface area contributed by atoms with Gasteiger partial charge in [-0.05, 0) is 35.9 Å². The van der Waals surface area contributed by atoms with E-state index in [1.165, 1.54) is 0 Å². The number of nitrogens with zero attached hydrogens (tertiary/aromatic N) is 1. The number of hydrogen-bond acceptors (Lipinski definition) is 4. The Morgan fingerprint density at radius 1 is 1.25 bits per heavy atom. The molecule has 4 rings (SSSR count). The highest BCUT2D eigenvalue weighted by Crippen LogP contribution is 2.40. The number of rotatable bonds is 2. The van der Waals surface area contributed by atoms with Gasteiger partial charge in [0.1, 0.15) is 0 Å². The van der Waals surface area contributed by atoms with Gasteiger partial charge in [-0.3, -0.25) is 4.79 Å². The van der Waals surface area contributed by atoms with Gasteiger partial charge in [0.15, 0.2) is 17.3 Å². The number of fused-ring (bicyclic) bond motifs is 2. The smallest absolute Gasteiger partial charge is 0.259 e. The van der Waals surface area contributed by atoms with Gasteiger partial charge >= 0.3 is 0 Å². The highest BCUT2D eigenvalue weighted by molar-refractivity contribution is 6.50. The number of nitrogens with one attached hydrogen (secondary N) is 1. The number of aromatic amines is 1. The number of benzene rings is 2. The largest absolute Gasteiger partial charge is 0.454 e. The van der Waals surface area contributed by atoms with Crippen LogP contribution in [-0.2, 0) is 0 Å². The first-order chi connectivity index (χ1) is 11.6. The lowest BCUT2D eigenvalue weighted by Crippen LogP contribution is -2.10. The Kier molecular flexibility index (Phi) is 3.67. The fourth-order valence-electron chi connectivity index (χ4n) is 2.48. The van der Waals surface area contributed by atoms with Crippen LogP contribution in [0.5, 0.6) is 11.5 Å². The van der Waals surface area contributed by atoms with E-state index < -0.39 is 0 Å². The molecule has 2 aromatic carbocycles. The third-order valence-electron chi connectivity index (χ3n) is 3.58. The van der Waals surface area contributed by atoms with Crippen LogP contribution in [0, 0.1) is 0 Å². The minimum absolute atomic E-state index is 0.134. The van der Waals surface area contributed by atoms with Crippen molar-refractivity contribution in [3.05, 3.63) is 63.2 Å². The van der Waals surface area contributed by atoms with Crippen molar-refractivity contribution in [2.45, 2.75) is 0 Å². The van der Waals surface area contributed by atoms with Crippen molar-refractivity contribution in [3.63, 3.8) is 0 Å². The Morgan fingerprint density at radius 2 is 2.08 bits per heavy atom. The molecule has 0 bridgehead atoms. The second kappa shape index (κ2) is 5.85. The summed E-state index contributed by atoms with van der Waals surface area (Å²) in [6, 6.07) is 10.5. The second-order valence-electron chi connectivity index (χ2n) is 5.16. The van der Waals surface area contributed by atoms with Crippen LogP contribution in [-0.4, -0.2) is 16.8 Å². The fourth-order valence-corrected chi connectivity index (χ4v) is 2.97. The molecule has 24 heavy (non-hydrogen) atoms. The van der Waals surface area contributed by atoms with E-state index in [-0.39, 0.29) is 23.2 Å². The first-order valence-electron chi connectivity index (χ1n) is 7.07. The third-order valence-corrected chi connectivity index (χ3v) is 4.15. The van der Waals surface area contributed by atoms with E-state index >= 15 is 0 Å². The maximum Gasteiger partial charge on any atom is 0.259 e. The van der Waals surface area contributed by atoms with Gasteiger partial charge in [-0.2, -0.15) is 0 Å². The van der Waals surface area contributed by atoms with E-state index in [1.54, 1.807) is 36.4 Å². The van der Waals surface area contributed by atoms with Crippen molar-refractivity contribution < 1.29 is 9.47 Å². The van der Waals surface area contributed by atoms with E-state index in [1.807, 2.05) is 6.07 Å².